The Morgan fingerprint density at radius 2 is 2.23 bits per heavy atom. The minimum atomic E-state index is 0.151. The van der Waals surface area contributed by atoms with Crippen LogP contribution in [0.5, 0.6) is 5.75 Å². The Kier molecular flexibility index (Phi) is 6.09. The van der Waals surface area contributed by atoms with E-state index in [1.54, 1.807) is 25.3 Å². The molecule has 2 aromatic rings. The highest BCUT2D eigenvalue weighted by atomic mass is 35.5. The lowest BCUT2D eigenvalue weighted by Crippen LogP contribution is -2.37. The molecule has 3 rings (SSSR count). The third-order valence-electron chi connectivity index (χ3n) is 4.08. The number of carbonyl (C=O) groups excluding carboxylic acids is 1. The van der Waals surface area contributed by atoms with Gasteiger partial charge in [-0.15, -0.1) is 5.10 Å². The lowest BCUT2D eigenvalue weighted by atomic mass is 10.2. The van der Waals surface area contributed by atoms with E-state index in [1.807, 2.05) is 4.90 Å². The lowest BCUT2D eigenvalue weighted by Gasteiger charge is -2.24. The summed E-state index contributed by atoms with van der Waals surface area (Å²) in [5.41, 5.74) is 0.741. The second-order valence-corrected chi connectivity index (χ2v) is 8.15. The Balaban J connectivity index is 1.65. The Morgan fingerprint density at radius 1 is 1.46 bits per heavy atom. The fourth-order valence-electron chi connectivity index (χ4n) is 2.74. The van der Waals surface area contributed by atoms with E-state index in [9.17, 15) is 4.79 Å². The number of halogens is 1. The van der Waals surface area contributed by atoms with Gasteiger partial charge in [0, 0.05) is 17.6 Å². The number of carbonyl (C=O) groups is 1. The SMILES string of the molecule is COc1ccc(Cl)cc1-c1nc(SCC(=O)N(CC(C)C)C2CC2)n[nH]1. The van der Waals surface area contributed by atoms with E-state index in [1.165, 1.54) is 11.8 Å². The predicted molar refractivity (Wildman–Crippen MR) is 104 cm³/mol. The molecule has 0 aliphatic heterocycles. The minimum absolute atomic E-state index is 0.151. The second-order valence-electron chi connectivity index (χ2n) is 6.77. The molecule has 1 aliphatic rings. The van der Waals surface area contributed by atoms with Crippen LogP contribution in [-0.4, -0.2) is 51.4 Å². The maximum Gasteiger partial charge on any atom is 0.233 e. The summed E-state index contributed by atoms with van der Waals surface area (Å²) in [7, 11) is 1.60. The fourth-order valence-corrected chi connectivity index (χ4v) is 3.60. The Morgan fingerprint density at radius 3 is 2.88 bits per heavy atom. The molecule has 1 saturated carbocycles. The van der Waals surface area contributed by atoms with Crippen molar-refractivity contribution < 1.29 is 9.53 Å². The number of nitrogens with zero attached hydrogens (tertiary/aromatic N) is 3. The first-order valence-electron chi connectivity index (χ1n) is 8.66. The molecule has 1 aliphatic carbocycles. The molecule has 0 atom stereocenters. The number of methoxy groups -OCH3 is 1. The number of thioether (sulfide) groups is 1. The predicted octanol–water partition coefficient (Wildman–Crippen LogP) is 3.87. The van der Waals surface area contributed by atoms with E-state index in [4.69, 9.17) is 16.3 Å². The quantitative estimate of drug-likeness (QED) is 0.688. The van der Waals surface area contributed by atoms with Gasteiger partial charge in [-0.25, -0.2) is 4.98 Å². The molecule has 140 valence electrons. The van der Waals surface area contributed by atoms with Crippen molar-refractivity contribution in [2.45, 2.75) is 37.9 Å². The van der Waals surface area contributed by atoms with Crippen LogP contribution in [0, 0.1) is 5.92 Å². The van der Waals surface area contributed by atoms with Gasteiger partial charge in [-0.05, 0) is 37.0 Å². The smallest absolute Gasteiger partial charge is 0.233 e. The summed E-state index contributed by atoms with van der Waals surface area (Å²) in [5.74, 6) is 2.19. The van der Waals surface area contributed by atoms with Gasteiger partial charge < -0.3 is 9.64 Å². The van der Waals surface area contributed by atoms with Gasteiger partial charge in [-0.1, -0.05) is 37.2 Å². The normalized spacial score (nSPS) is 13.9. The molecule has 1 amide bonds. The topological polar surface area (TPSA) is 71.1 Å². The molecule has 1 fully saturated rings. The van der Waals surface area contributed by atoms with Crippen molar-refractivity contribution in [1.29, 1.82) is 0 Å². The van der Waals surface area contributed by atoms with E-state index < -0.39 is 0 Å². The van der Waals surface area contributed by atoms with Crippen molar-refractivity contribution >= 4 is 29.3 Å². The first-order chi connectivity index (χ1) is 12.5. The van der Waals surface area contributed by atoms with Crippen molar-refractivity contribution in [2.75, 3.05) is 19.4 Å². The number of nitrogens with one attached hydrogen (secondary N) is 1. The van der Waals surface area contributed by atoms with Crippen molar-refractivity contribution in [1.82, 2.24) is 20.1 Å². The fraction of sp³-hybridized carbons (Fsp3) is 0.500. The summed E-state index contributed by atoms with van der Waals surface area (Å²) in [4.78, 5) is 19.0. The van der Waals surface area contributed by atoms with Gasteiger partial charge in [0.1, 0.15) is 5.75 Å². The van der Waals surface area contributed by atoms with Gasteiger partial charge in [0.2, 0.25) is 11.1 Å². The van der Waals surface area contributed by atoms with Crippen LogP contribution in [0.4, 0.5) is 0 Å². The molecule has 1 aromatic heterocycles. The van der Waals surface area contributed by atoms with E-state index in [0.717, 1.165) is 24.9 Å². The van der Waals surface area contributed by atoms with Crippen molar-refractivity contribution in [3.8, 4) is 17.1 Å². The lowest BCUT2D eigenvalue weighted by molar-refractivity contribution is -0.129. The molecule has 26 heavy (non-hydrogen) atoms. The van der Waals surface area contributed by atoms with Crippen LogP contribution in [0.1, 0.15) is 26.7 Å². The zero-order valence-corrected chi connectivity index (χ0v) is 16.7. The van der Waals surface area contributed by atoms with Crippen LogP contribution in [0.25, 0.3) is 11.4 Å². The monoisotopic (exact) mass is 394 g/mol. The first kappa shape index (κ1) is 19.0. The highest BCUT2D eigenvalue weighted by molar-refractivity contribution is 7.99. The van der Waals surface area contributed by atoms with Crippen molar-refractivity contribution in [2.24, 2.45) is 5.92 Å². The number of benzene rings is 1. The van der Waals surface area contributed by atoms with Crippen LogP contribution in [0.15, 0.2) is 23.4 Å². The molecule has 6 nitrogen and oxygen atoms in total. The Bertz CT molecular complexity index is 776. The molecular formula is C18H23ClN4O2S. The molecule has 0 bridgehead atoms. The standard InChI is InChI=1S/C18H23ClN4O2S/c1-11(2)9-23(13-5-6-13)16(24)10-26-18-20-17(21-22-18)14-8-12(19)4-7-15(14)25-3/h4,7-8,11,13H,5-6,9-10H2,1-3H3,(H,20,21,22). The maximum absolute atomic E-state index is 12.6. The molecular weight excluding hydrogens is 372 g/mol. The zero-order valence-electron chi connectivity index (χ0n) is 15.2. The van der Waals surface area contributed by atoms with Gasteiger partial charge in [0.25, 0.3) is 0 Å². The third kappa shape index (κ3) is 4.71. The van der Waals surface area contributed by atoms with Gasteiger partial charge in [-0.3, -0.25) is 9.89 Å². The second kappa shape index (κ2) is 8.31. The number of H-pyrrole nitrogens is 1. The Labute approximate surface area is 162 Å². The molecule has 0 radical (unpaired) electrons. The van der Waals surface area contributed by atoms with Crippen LogP contribution < -0.4 is 4.74 Å². The molecule has 1 aromatic carbocycles. The number of ether oxygens (including phenoxy) is 1. The number of aromatic amines is 1. The summed E-state index contributed by atoms with van der Waals surface area (Å²) in [6, 6.07) is 5.74. The minimum Gasteiger partial charge on any atom is -0.496 e. The largest absolute Gasteiger partial charge is 0.496 e. The molecule has 8 heteroatoms. The number of aromatic nitrogens is 3. The molecule has 0 unspecified atom stereocenters. The van der Waals surface area contributed by atoms with E-state index in [0.29, 0.717) is 39.5 Å². The summed E-state index contributed by atoms with van der Waals surface area (Å²) in [6.07, 6.45) is 2.23. The molecule has 1 N–H and O–H groups in total. The average Bonchev–Trinajstić information content (AvgIpc) is 3.34. The van der Waals surface area contributed by atoms with Crippen molar-refractivity contribution in [3.05, 3.63) is 23.2 Å². The Hall–Kier alpha value is -1.73. The van der Waals surface area contributed by atoms with Crippen LogP contribution in [0.2, 0.25) is 5.02 Å². The van der Waals surface area contributed by atoms with E-state index in [2.05, 4.69) is 29.0 Å². The maximum atomic E-state index is 12.6. The molecule has 0 spiro atoms. The van der Waals surface area contributed by atoms with Crippen molar-refractivity contribution in [3.63, 3.8) is 0 Å². The summed E-state index contributed by atoms with van der Waals surface area (Å²) < 4.78 is 5.35. The van der Waals surface area contributed by atoms with Crippen LogP contribution >= 0.6 is 23.4 Å². The van der Waals surface area contributed by atoms with E-state index >= 15 is 0 Å². The van der Waals surface area contributed by atoms with Crippen LogP contribution in [0.3, 0.4) is 0 Å². The third-order valence-corrected chi connectivity index (χ3v) is 5.14. The summed E-state index contributed by atoms with van der Waals surface area (Å²) in [6.45, 7) is 5.08. The van der Waals surface area contributed by atoms with Gasteiger partial charge in [0.05, 0.1) is 18.4 Å². The zero-order chi connectivity index (χ0) is 18.7. The number of amides is 1. The highest BCUT2D eigenvalue weighted by Crippen LogP contribution is 2.32. The van der Waals surface area contributed by atoms with Gasteiger partial charge >= 0.3 is 0 Å². The number of hydrogen-bond donors (Lipinski definition) is 1. The average molecular weight is 395 g/mol. The van der Waals surface area contributed by atoms with Gasteiger partial charge in [0.15, 0.2) is 5.82 Å². The van der Waals surface area contributed by atoms with Gasteiger partial charge in [-0.2, -0.15) is 0 Å². The van der Waals surface area contributed by atoms with Crippen LogP contribution in [-0.2, 0) is 4.79 Å². The first-order valence-corrected chi connectivity index (χ1v) is 10.0. The highest BCUT2D eigenvalue weighted by Gasteiger charge is 2.32. The number of rotatable bonds is 8. The van der Waals surface area contributed by atoms with E-state index in [-0.39, 0.29) is 5.91 Å². The summed E-state index contributed by atoms with van der Waals surface area (Å²) >= 11 is 7.42. The number of hydrogen-bond acceptors (Lipinski definition) is 5. The molecule has 1 heterocycles. The summed E-state index contributed by atoms with van der Waals surface area (Å²) in [5, 5.41) is 8.24. The molecule has 0 saturated heterocycles.